The maximum Gasteiger partial charge on any atom is 0.254 e. The van der Waals surface area contributed by atoms with Crippen LogP contribution < -0.4 is 0 Å². The van der Waals surface area contributed by atoms with Crippen molar-refractivity contribution in [2.75, 3.05) is 0 Å². The van der Waals surface area contributed by atoms with Crippen LogP contribution >= 0.6 is 0 Å². The lowest BCUT2D eigenvalue weighted by atomic mass is 10.1. The van der Waals surface area contributed by atoms with Gasteiger partial charge in [0.1, 0.15) is 0 Å². The number of rotatable bonds is 5. The summed E-state index contributed by atoms with van der Waals surface area (Å²) in [5.41, 5.74) is 1.60. The molecule has 2 saturated carbocycles. The number of nitrogens with zero attached hydrogens (tertiary/aromatic N) is 2. The second-order valence-electron chi connectivity index (χ2n) is 7.45. The summed E-state index contributed by atoms with van der Waals surface area (Å²) in [4.78, 5) is 39.9. The van der Waals surface area contributed by atoms with E-state index in [9.17, 15) is 14.4 Å². The summed E-state index contributed by atoms with van der Waals surface area (Å²) in [5, 5.41) is 0. The first-order chi connectivity index (χ1) is 12.1. The maximum atomic E-state index is 13.0. The highest BCUT2D eigenvalue weighted by Crippen LogP contribution is 2.35. The topological polar surface area (TPSA) is 57.7 Å². The van der Waals surface area contributed by atoms with Crippen molar-refractivity contribution in [3.63, 3.8) is 0 Å². The molecule has 1 saturated heterocycles. The van der Waals surface area contributed by atoms with Gasteiger partial charge >= 0.3 is 0 Å². The smallest absolute Gasteiger partial charge is 0.254 e. The van der Waals surface area contributed by atoms with Gasteiger partial charge in [-0.25, -0.2) is 0 Å². The number of carbonyl (C=O) groups is 3. The molecule has 2 aliphatic carbocycles. The molecule has 0 atom stereocenters. The van der Waals surface area contributed by atoms with Crippen LogP contribution in [0, 0.1) is 0 Å². The van der Waals surface area contributed by atoms with Crippen LogP contribution in [-0.4, -0.2) is 39.6 Å². The van der Waals surface area contributed by atoms with Gasteiger partial charge in [0.25, 0.3) is 5.91 Å². The van der Waals surface area contributed by atoms with Crippen molar-refractivity contribution in [3.8, 4) is 0 Å². The molecule has 1 aromatic carbocycles. The van der Waals surface area contributed by atoms with Crippen LogP contribution in [0.5, 0.6) is 0 Å². The summed E-state index contributed by atoms with van der Waals surface area (Å²) in [6.07, 6.45) is 7.56. The summed E-state index contributed by atoms with van der Waals surface area (Å²) < 4.78 is 0. The van der Waals surface area contributed by atoms with Crippen molar-refractivity contribution in [2.24, 2.45) is 0 Å². The molecule has 1 heterocycles. The minimum Gasteiger partial charge on any atom is -0.333 e. The van der Waals surface area contributed by atoms with Gasteiger partial charge in [0.05, 0.1) is 6.54 Å². The SMILES string of the molecule is O=C1CCC(=O)N1Cc1ccc(C(=O)N(C2CCCC2)C2CC2)cc1. The lowest BCUT2D eigenvalue weighted by molar-refractivity contribution is -0.139. The van der Waals surface area contributed by atoms with E-state index in [4.69, 9.17) is 0 Å². The Balaban J connectivity index is 1.46. The highest BCUT2D eigenvalue weighted by atomic mass is 16.2. The van der Waals surface area contributed by atoms with Gasteiger partial charge in [-0.3, -0.25) is 19.3 Å². The van der Waals surface area contributed by atoms with Crippen molar-refractivity contribution >= 4 is 17.7 Å². The predicted octanol–water partition coefficient (Wildman–Crippen LogP) is 2.88. The summed E-state index contributed by atoms with van der Waals surface area (Å²) in [6.45, 7) is 0.307. The number of likely N-dealkylation sites (tertiary alicyclic amines) is 1. The average Bonchev–Trinajstić information content (AvgIpc) is 3.21. The molecule has 0 N–H and O–H groups in total. The molecule has 0 radical (unpaired) electrons. The molecule has 0 spiro atoms. The van der Waals surface area contributed by atoms with Crippen LogP contribution in [-0.2, 0) is 16.1 Å². The van der Waals surface area contributed by atoms with E-state index in [-0.39, 0.29) is 17.7 Å². The fraction of sp³-hybridized carbons (Fsp3) is 0.550. The molecule has 4 rings (SSSR count). The molecule has 25 heavy (non-hydrogen) atoms. The summed E-state index contributed by atoms with van der Waals surface area (Å²) in [6, 6.07) is 8.24. The van der Waals surface area contributed by atoms with Gasteiger partial charge in [0, 0.05) is 30.5 Å². The zero-order valence-electron chi connectivity index (χ0n) is 14.4. The van der Waals surface area contributed by atoms with Crippen LogP contribution in [0.25, 0.3) is 0 Å². The van der Waals surface area contributed by atoms with E-state index in [2.05, 4.69) is 4.90 Å². The zero-order chi connectivity index (χ0) is 17.4. The second kappa shape index (κ2) is 6.62. The summed E-state index contributed by atoms with van der Waals surface area (Å²) >= 11 is 0. The third-order valence-electron chi connectivity index (χ3n) is 5.59. The van der Waals surface area contributed by atoms with Gasteiger partial charge in [-0.2, -0.15) is 0 Å². The third kappa shape index (κ3) is 3.32. The van der Waals surface area contributed by atoms with Crippen LogP contribution in [0.3, 0.4) is 0 Å². The average molecular weight is 340 g/mol. The number of hydrogen-bond donors (Lipinski definition) is 0. The Morgan fingerprint density at radius 3 is 2.04 bits per heavy atom. The van der Waals surface area contributed by atoms with E-state index in [1.165, 1.54) is 17.7 Å². The highest BCUT2D eigenvalue weighted by molar-refractivity contribution is 6.01. The van der Waals surface area contributed by atoms with Crippen LogP contribution in [0.2, 0.25) is 0 Å². The van der Waals surface area contributed by atoms with Gasteiger partial charge in [-0.1, -0.05) is 25.0 Å². The summed E-state index contributed by atoms with van der Waals surface area (Å²) in [5.74, 6) is -0.0770. The number of amides is 3. The van der Waals surface area contributed by atoms with E-state index in [0.29, 0.717) is 37.0 Å². The van der Waals surface area contributed by atoms with E-state index in [1.807, 2.05) is 24.3 Å². The van der Waals surface area contributed by atoms with Crippen LogP contribution in [0.15, 0.2) is 24.3 Å². The van der Waals surface area contributed by atoms with Crippen molar-refractivity contribution < 1.29 is 14.4 Å². The molecule has 3 amide bonds. The molecule has 3 aliphatic rings. The molecular formula is C20H24N2O3. The Hall–Kier alpha value is -2.17. The Morgan fingerprint density at radius 2 is 1.48 bits per heavy atom. The molecule has 0 bridgehead atoms. The lowest BCUT2D eigenvalue weighted by Crippen LogP contribution is -2.40. The number of imide groups is 1. The van der Waals surface area contributed by atoms with Crippen molar-refractivity contribution in [2.45, 2.75) is 70.0 Å². The molecule has 1 aromatic rings. The van der Waals surface area contributed by atoms with E-state index in [0.717, 1.165) is 31.2 Å². The quantitative estimate of drug-likeness (QED) is 0.775. The van der Waals surface area contributed by atoms with E-state index < -0.39 is 0 Å². The monoisotopic (exact) mass is 340 g/mol. The first-order valence-electron chi connectivity index (χ1n) is 9.38. The lowest BCUT2D eigenvalue weighted by Gasteiger charge is -2.29. The minimum absolute atomic E-state index is 0.105. The van der Waals surface area contributed by atoms with Gasteiger partial charge in [-0.05, 0) is 43.4 Å². The molecule has 3 fully saturated rings. The Bertz CT molecular complexity index is 671. The van der Waals surface area contributed by atoms with Crippen LogP contribution in [0.4, 0.5) is 0 Å². The van der Waals surface area contributed by atoms with E-state index >= 15 is 0 Å². The van der Waals surface area contributed by atoms with E-state index in [1.54, 1.807) is 0 Å². The molecule has 5 nitrogen and oxygen atoms in total. The first kappa shape index (κ1) is 16.3. The Kier molecular flexibility index (Phi) is 4.32. The van der Waals surface area contributed by atoms with Crippen molar-refractivity contribution in [3.05, 3.63) is 35.4 Å². The molecule has 0 aromatic heterocycles. The van der Waals surface area contributed by atoms with Crippen molar-refractivity contribution in [1.82, 2.24) is 9.80 Å². The standard InChI is InChI=1S/C20H24N2O3/c23-18-11-12-19(24)21(18)13-14-5-7-15(8-6-14)20(25)22(17-9-10-17)16-3-1-2-4-16/h5-8,16-17H,1-4,9-13H2. The van der Waals surface area contributed by atoms with Crippen LogP contribution in [0.1, 0.15) is 67.3 Å². The molecule has 0 unspecified atom stereocenters. The number of benzene rings is 1. The number of hydrogen-bond acceptors (Lipinski definition) is 3. The van der Waals surface area contributed by atoms with Gasteiger partial charge in [0.15, 0.2) is 0 Å². The predicted molar refractivity (Wildman–Crippen MR) is 92.7 cm³/mol. The fourth-order valence-electron chi connectivity index (χ4n) is 4.05. The molecule has 132 valence electrons. The number of carbonyl (C=O) groups excluding carboxylic acids is 3. The van der Waals surface area contributed by atoms with Crippen molar-refractivity contribution in [1.29, 1.82) is 0 Å². The molecule has 5 heteroatoms. The zero-order valence-corrected chi connectivity index (χ0v) is 14.4. The Labute approximate surface area is 148 Å². The Morgan fingerprint density at radius 1 is 0.920 bits per heavy atom. The fourth-order valence-corrected chi connectivity index (χ4v) is 4.05. The largest absolute Gasteiger partial charge is 0.333 e. The molecule has 1 aliphatic heterocycles. The maximum absolute atomic E-state index is 13.0. The highest BCUT2D eigenvalue weighted by Gasteiger charge is 2.38. The first-order valence-corrected chi connectivity index (χ1v) is 9.38. The van der Waals surface area contributed by atoms with Gasteiger partial charge in [-0.15, -0.1) is 0 Å². The molecular weight excluding hydrogens is 316 g/mol. The van der Waals surface area contributed by atoms with Gasteiger partial charge < -0.3 is 4.90 Å². The summed E-state index contributed by atoms with van der Waals surface area (Å²) in [7, 11) is 0. The third-order valence-corrected chi connectivity index (χ3v) is 5.59. The normalized spacial score (nSPS) is 21.2. The minimum atomic E-state index is -0.105. The second-order valence-corrected chi connectivity index (χ2v) is 7.45. The van der Waals surface area contributed by atoms with Gasteiger partial charge in [0.2, 0.25) is 11.8 Å².